The fraction of sp³-hybridized carbons (Fsp3) is 0.500. The van der Waals surface area contributed by atoms with E-state index in [1.54, 1.807) is 0 Å². The SMILES string of the molecule is Cc1cc(C(=O)NC(C)(C)C2CC2)cc(S(=O)(=O)Cl)c1F. The molecule has 1 saturated carbocycles. The number of carbonyl (C=O) groups is 1. The van der Waals surface area contributed by atoms with Crippen molar-refractivity contribution in [1.82, 2.24) is 5.32 Å². The molecule has 1 fully saturated rings. The number of aryl methyl sites for hydroxylation is 1. The summed E-state index contributed by atoms with van der Waals surface area (Å²) in [5.74, 6) is -0.946. The summed E-state index contributed by atoms with van der Waals surface area (Å²) >= 11 is 0. The highest BCUT2D eigenvalue weighted by Gasteiger charge is 2.39. The van der Waals surface area contributed by atoms with Crippen LogP contribution in [-0.2, 0) is 9.05 Å². The zero-order chi connectivity index (χ0) is 16.0. The molecule has 0 spiro atoms. The van der Waals surface area contributed by atoms with Gasteiger partial charge in [0.2, 0.25) is 0 Å². The van der Waals surface area contributed by atoms with Crippen molar-refractivity contribution in [2.45, 2.75) is 44.0 Å². The van der Waals surface area contributed by atoms with Crippen LogP contribution < -0.4 is 5.32 Å². The molecule has 1 aromatic rings. The summed E-state index contributed by atoms with van der Waals surface area (Å²) in [6.45, 7) is 5.22. The van der Waals surface area contributed by atoms with Gasteiger partial charge in [-0.1, -0.05) is 0 Å². The molecule has 0 bridgehead atoms. The Hall–Kier alpha value is -1.14. The zero-order valence-corrected chi connectivity index (χ0v) is 13.6. The summed E-state index contributed by atoms with van der Waals surface area (Å²) in [6, 6.07) is 2.29. The molecular weight excluding hydrogens is 317 g/mol. The average molecular weight is 334 g/mol. The summed E-state index contributed by atoms with van der Waals surface area (Å²) in [6.07, 6.45) is 2.11. The largest absolute Gasteiger partial charge is 0.347 e. The lowest BCUT2D eigenvalue weighted by molar-refractivity contribution is 0.0903. The molecule has 1 aliphatic carbocycles. The lowest BCUT2D eigenvalue weighted by Crippen LogP contribution is -2.45. The van der Waals surface area contributed by atoms with E-state index in [1.807, 2.05) is 13.8 Å². The third kappa shape index (κ3) is 3.55. The molecule has 116 valence electrons. The monoisotopic (exact) mass is 333 g/mol. The van der Waals surface area contributed by atoms with Crippen molar-refractivity contribution in [1.29, 1.82) is 0 Å². The molecule has 0 aliphatic heterocycles. The van der Waals surface area contributed by atoms with Crippen molar-refractivity contribution < 1.29 is 17.6 Å². The van der Waals surface area contributed by atoms with Gasteiger partial charge in [-0.25, -0.2) is 12.8 Å². The lowest BCUT2D eigenvalue weighted by atomic mass is 9.98. The fourth-order valence-corrected chi connectivity index (χ4v) is 3.30. The van der Waals surface area contributed by atoms with Gasteiger partial charge in [0, 0.05) is 21.8 Å². The molecule has 1 amide bonds. The predicted molar refractivity (Wildman–Crippen MR) is 78.4 cm³/mol. The number of halogens is 2. The minimum absolute atomic E-state index is 0.0612. The lowest BCUT2D eigenvalue weighted by Gasteiger charge is -2.26. The van der Waals surface area contributed by atoms with Crippen molar-refractivity contribution in [2.75, 3.05) is 0 Å². The van der Waals surface area contributed by atoms with Gasteiger partial charge in [-0.15, -0.1) is 0 Å². The molecule has 0 aromatic heterocycles. The van der Waals surface area contributed by atoms with Gasteiger partial charge in [-0.2, -0.15) is 0 Å². The molecule has 1 aromatic carbocycles. The number of hydrogen-bond acceptors (Lipinski definition) is 3. The molecule has 0 radical (unpaired) electrons. The molecule has 21 heavy (non-hydrogen) atoms. The molecular formula is C14H17ClFNO3S. The maximum absolute atomic E-state index is 13.8. The van der Waals surface area contributed by atoms with Crippen LogP contribution >= 0.6 is 10.7 Å². The van der Waals surface area contributed by atoms with Crippen molar-refractivity contribution in [3.05, 3.63) is 29.1 Å². The van der Waals surface area contributed by atoms with Crippen LogP contribution in [-0.4, -0.2) is 19.9 Å². The molecule has 1 aliphatic rings. The third-order valence-electron chi connectivity index (χ3n) is 3.78. The maximum Gasteiger partial charge on any atom is 0.264 e. The Kier molecular flexibility index (Phi) is 4.06. The van der Waals surface area contributed by atoms with Crippen LogP contribution in [0.25, 0.3) is 0 Å². The van der Waals surface area contributed by atoms with Crippen LogP contribution in [0, 0.1) is 18.7 Å². The minimum Gasteiger partial charge on any atom is -0.347 e. The van der Waals surface area contributed by atoms with Gasteiger partial charge < -0.3 is 5.32 Å². The highest BCUT2D eigenvalue weighted by atomic mass is 35.7. The molecule has 2 rings (SSSR count). The first-order chi connectivity index (χ1) is 9.52. The molecule has 0 atom stereocenters. The molecule has 1 N–H and O–H groups in total. The van der Waals surface area contributed by atoms with E-state index in [0.29, 0.717) is 5.92 Å². The van der Waals surface area contributed by atoms with E-state index in [2.05, 4.69) is 5.32 Å². The van der Waals surface area contributed by atoms with Crippen LogP contribution in [0.1, 0.15) is 42.6 Å². The predicted octanol–water partition coefficient (Wildman–Crippen LogP) is 2.98. The number of rotatable bonds is 4. The van der Waals surface area contributed by atoms with E-state index in [4.69, 9.17) is 10.7 Å². The Morgan fingerprint density at radius 1 is 1.38 bits per heavy atom. The van der Waals surface area contributed by atoms with E-state index in [9.17, 15) is 17.6 Å². The second kappa shape index (κ2) is 5.25. The number of nitrogens with one attached hydrogen (secondary N) is 1. The normalized spacial score (nSPS) is 15.9. The molecule has 4 nitrogen and oxygen atoms in total. The Balaban J connectivity index is 2.36. The second-order valence-corrected chi connectivity index (χ2v) is 8.53. The molecule has 0 heterocycles. The first kappa shape index (κ1) is 16.2. The summed E-state index contributed by atoms with van der Waals surface area (Å²) in [7, 11) is 0.964. The second-order valence-electron chi connectivity index (χ2n) is 5.99. The summed E-state index contributed by atoms with van der Waals surface area (Å²) < 4.78 is 36.6. The molecule has 7 heteroatoms. The standard InChI is InChI=1S/C14H17ClFNO3S/c1-8-6-9(7-11(12(8)16)21(15,19)20)13(18)17-14(2,3)10-4-5-10/h6-7,10H,4-5H2,1-3H3,(H,17,18). The van der Waals surface area contributed by atoms with Crippen molar-refractivity contribution in [3.63, 3.8) is 0 Å². The Morgan fingerprint density at radius 3 is 2.43 bits per heavy atom. The van der Waals surface area contributed by atoms with Crippen LogP contribution in [0.5, 0.6) is 0 Å². The first-order valence-corrected chi connectivity index (χ1v) is 8.90. The quantitative estimate of drug-likeness (QED) is 0.862. The smallest absolute Gasteiger partial charge is 0.264 e. The molecule has 0 saturated heterocycles. The van der Waals surface area contributed by atoms with Gasteiger partial charge >= 0.3 is 0 Å². The van der Waals surface area contributed by atoms with Gasteiger partial charge in [-0.3, -0.25) is 4.79 Å². The van der Waals surface area contributed by atoms with Gasteiger partial charge in [0.1, 0.15) is 10.7 Å². The van der Waals surface area contributed by atoms with Gasteiger partial charge in [-0.05, 0) is 57.2 Å². The Labute approximate surface area is 128 Å². The van der Waals surface area contributed by atoms with E-state index >= 15 is 0 Å². The summed E-state index contributed by atoms with van der Waals surface area (Å²) in [5, 5.41) is 2.86. The van der Waals surface area contributed by atoms with E-state index in [-0.39, 0.29) is 16.7 Å². The third-order valence-corrected chi connectivity index (χ3v) is 5.10. The van der Waals surface area contributed by atoms with Crippen molar-refractivity contribution in [2.24, 2.45) is 5.92 Å². The zero-order valence-electron chi connectivity index (χ0n) is 12.0. The molecule has 0 unspecified atom stereocenters. The Bertz CT molecular complexity index is 696. The number of hydrogen-bond donors (Lipinski definition) is 1. The van der Waals surface area contributed by atoms with Gasteiger partial charge in [0.05, 0.1) is 0 Å². The van der Waals surface area contributed by atoms with E-state index < -0.39 is 25.7 Å². The highest BCUT2D eigenvalue weighted by molar-refractivity contribution is 8.13. The first-order valence-electron chi connectivity index (χ1n) is 6.59. The Morgan fingerprint density at radius 2 is 1.95 bits per heavy atom. The summed E-state index contributed by atoms with van der Waals surface area (Å²) in [4.78, 5) is 11.6. The van der Waals surface area contributed by atoms with Crippen LogP contribution in [0.15, 0.2) is 17.0 Å². The van der Waals surface area contributed by atoms with Crippen LogP contribution in [0.3, 0.4) is 0 Å². The van der Waals surface area contributed by atoms with Gasteiger partial charge in [0.25, 0.3) is 15.0 Å². The fourth-order valence-electron chi connectivity index (χ4n) is 2.32. The van der Waals surface area contributed by atoms with Crippen LogP contribution in [0.2, 0.25) is 0 Å². The van der Waals surface area contributed by atoms with Gasteiger partial charge in [0.15, 0.2) is 0 Å². The highest BCUT2D eigenvalue weighted by Crippen LogP contribution is 2.39. The number of amides is 1. The van der Waals surface area contributed by atoms with E-state index in [1.165, 1.54) is 13.0 Å². The minimum atomic E-state index is -4.24. The van der Waals surface area contributed by atoms with Crippen LogP contribution in [0.4, 0.5) is 4.39 Å². The maximum atomic E-state index is 13.8. The van der Waals surface area contributed by atoms with Crippen molar-refractivity contribution in [3.8, 4) is 0 Å². The van der Waals surface area contributed by atoms with E-state index in [0.717, 1.165) is 18.9 Å². The topological polar surface area (TPSA) is 63.2 Å². The van der Waals surface area contributed by atoms with Crippen molar-refractivity contribution >= 4 is 25.6 Å². The summed E-state index contributed by atoms with van der Waals surface area (Å²) in [5.41, 5.74) is -0.229. The number of benzene rings is 1. The number of carbonyl (C=O) groups excluding carboxylic acids is 1. The average Bonchev–Trinajstić information content (AvgIpc) is 3.14.